The lowest BCUT2D eigenvalue weighted by atomic mass is 10.1. The minimum absolute atomic E-state index is 0.0600. The SMILES string of the molecule is NC(Cc1ccc(Br)s1)c1ccc2ccccc2n1. The number of para-hydroxylation sites is 1. The van der Waals surface area contributed by atoms with Crippen LogP contribution in [0.15, 0.2) is 52.3 Å². The van der Waals surface area contributed by atoms with Crippen LogP contribution >= 0.6 is 27.3 Å². The fourth-order valence-electron chi connectivity index (χ4n) is 2.07. The first-order valence-corrected chi connectivity index (χ1v) is 7.69. The van der Waals surface area contributed by atoms with Gasteiger partial charge in [-0.05, 0) is 40.2 Å². The molecule has 0 fully saturated rings. The summed E-state index contributed by atoms with van der Waals surface area (Å²) in [5.41, 5.74) is 8.21. The van der Waals surface area contributed by atoms with Crippen molar-refractivity contribution in [3.63, 3.8) is 0 Å². The maximum atomic E-state index is 6.26. The zero-order chi connectivity index (χ0) is 13.2. The van der Waals surface area contributed by atoms with E-state index in [0.717, 1.165) is 26.8 Å². The van der Waals surface area contributed by atoms with E-state index >= 15 is 0 Å². The van der Waals surface area contributed by atoms with Crippen molar-refractivity contribution in [1.82, 2.24) is 4.98 Å². The zero-order valence-electron chi connectivity index (χ0n) is 10.2. The van der Waals surface area contributed by atoms with Crippen molar-refractivity contribution in [3.05, 3.63) is 62.9 Å². The molecule has 4 heteroatoms. The van der Waals surface area contributed by atoms with E-state index in [2.05, 4.69) is 45.2 Å². The van der Waals surface area contributed by atoms with Gasteiger partial charge in [-0.1, -0.05) is 24.3 Å². The van der Waals surface area contributed by atoms with Crippen molar-refractivity contribution in [2.24, 2.45) is 5.73 Å². The van der Waals surface area contributed by atoms with Crippen LogP contribution < -0.4 is 5.73 Å². The van der Waals surface area contributed by atoms with E-state index in [1.54, 1.807) is 11.3 Å². The number of halogens is 1. The molecule has 96 valence electrons. The number of rotatable bonds is 3. The molecule has 0 spiro atoms. The van der Waals surface area contributed by atoms with E-state index in [1.165, 1.54) is 4.88 Å². The minimum Gasteiger partial charge on any atom is -0.322 e. The van der Waals surface area contributed by atoms with Gasteiger partial charge >= 0.3 is 0 Å². The van der Waals surface area contributed by atoms with Gasteiger partial charge in [0.05, 0.1) is 21.0 Å². The van der Waals surface area contributed by atoms with Crippen molar-refractivity contribution < 1.29 is 0 Å². The molecule has 1 atom stereocenters. The summed E-state index contributed by atoms with van der Waals surface area (Å²) in [6, 6.07) is 16.3. The molecule has 2 aromatic heterocycles. The fourth-order valence-corrected chi connectivity index (χ4v) is 3.61. The Balaban J connectivity index is 1.86. The lowest BCUT2D eigenvalue weighted by molar-refractivity contribution is 0.707. The summed E-state index contributed by atoms with van der Waals surface area (Å²) in [6.07, 6.45) is 0.821. The van der Waals surface area contributed by atoms with Gasteiger partial charge in [0.1, 0.15) is 0 Å². The molecule has 2 nitrogen and oxygen atoms in total. The summed E-state index contributed by atoms with van der Waals surface area (Å²) in [5.74, 6) is 0. The highest BCUT2D eigenvalue weighted by molar-refractivity contribution is 9.11. The largest absolute Gasteiger partial charge is 0.322 e. The molecule has 19 heavy (non-hydrogen) atoms. The molecular weight excluding hydrogens is 320 g/mol. The van der Waals surface area contributed by atoms with Crippen molar-refractivity contribution in [2.45, 2.75) is 12.5 Å². The second kappa shape index (κ2) is 5.41. The lowest BCUT2D eigenvalue weighted by Crippen LogP contribution is -2.14. The number of nitrogens with two attached hydrogens (primary N) is 1. The van der Waals surface area contributed by atoms with Crippen LogP contribution in [0, 0.1) is 0 Å². The monoisotopic (exact) mass is 332 g/mol. The van der Waals surface area contributed by atoms with Gasteiger partial charge in [0.25, 0.3) is 0 Å². The summed E-state index contributed by atoms with van der Waals surface area (Å²) in [4.78, 5) is 5.92. The molecule has 0 radical (unpaired) electrons. The molecule has 0 saturated heterocycles. The highest BCUT2D eigenvalue weighted by atomic mass is 79.9. The standard InChI is InChI=1S/C15H13BrN2S/c16-15-8-6-11(19-15)9-12(17)14-7-5-10-3-1-2-4-13(10)18-14/h1-8,12H,9,17H2. The number of hydrogen-bond donors (Lipinski definition) is 1. The summed E-state index contributed by atoms with van der Waals surface area (Å²) in [6.45, 7) is 0. The maximum absolute atomic E-state index is 6.26. The first-order valence-electron chi connectivity index (χ1n) is 6.08. The van der Waals surface area contributed by atoms with E-state index in [1.807, 2.05) is 24.3 Å². The summed E-state index contributed by atoms with van der Waals surface area (Å²) < 4.78 is 1.14. The molecular formula is C15H13BrN2S. The second-order valence-corrected chi connectivity index (χ2v) is 6.99. The Morgan fingerprint density at radius 2 is 1.95 bits per heavy atom. The molecule has 1 aromatic carbocycles. The number of thiophene rings is 1. The fraction of sp³-hybridized carbons (Fsp3) is 0.133. The Bertz CT molecular complexity index is 708. The van der Waals surface area contributed by atoms with E-state index in [4.69, 9.17) is 5.73 Å². The topological polar surface area (TPSA) is 38.9 Å². The quantitative estimate of drug-likeness (QED) is 0.776. The number of hydrogen-bond acceptors (Lipinski definition) is 3. The highest BCUT2D eigenvalue weighted by Crippen LogP contribution is 2.26. The van der Waals surface area contributed by atoms with Crippen LogP contribution in [0.1, 0.15) is 16.6 Å². The number of pyridine rings is 1. The molecule has 2 heterocycles. The average molecular weight is 333 g/mol. The van der Waals surface area contributed by atoms with Crippen LogP contribution in [-0.4, -0.2) is 4.98 Å². The third-order valence-electron chi connectivity index (χ3n) is 3.05. The Labute approximate surface area is 124 Å². The molecule has 0 aliphatic carbocycles. The molecule has 0 amide bonds. The van der Waals surface area contributed by atoms with Crippen molar-refractivity contribution in [3.8, 4) is 0 Å². The van der Waals surface area contributed by atoms with Gasteiger partial charge < -0.3 is 5.73 Å². The molecule has 3 rings (SSSR count). The number of nitrogens with zero attached hydrogens (tertiary/aromatic N) is 1. The normalized spacial score (nSPS) is 12.7. The van der Waals surface area contributed by atoms with Crippen LogP contribution in [-0.2, 0) is 6.42 Å². The number of benzene rings is 1. The van der Waals surface area contributed by atoms with Crippen LogP contribution in [0.2, 0.25) is 0 Å². The summed E-state index contributed by atoms with van der Waals surface area (Å²) >= 11 is 5.20. The highest BCUT2D eigenvalue weighted by Gasteiger charge is 2.10. The third-order valence-corrected chi connectivity index (χ3v) is 4.70. The molecule has 1 unspecified atom stereocenters. The van der Waals surface area contributed by atoms with Gasteiger partial charge in [0.2, 0.25) is 0 Å². The van der Waals surface area contributed by atoms with E-state index in [0.29, 0.717) is 0 Å². The summed E-state index contributed by atoms with van der Waals surface area (Å²) in [7, 11) is 0. The van der Waals surface area contributed by atoms with Crippen LogP contribution in [0.5, 0.6) is 0 Å². The Kier molecular flexibility index (Phi) is 3.64. The molecule has 0 aliphatic heterocycles. The zero-order valence-corrected chi connectivity index (χ0v) is 12.6. The minimum atomic E-state index is -0.0600. The average Bonchev–Trinajstić information content (AvgIpc) is 2.83. The van der Waals surface area contributed by atoms with Crippen molar-refractivity contribution in [2.75, 3.05) is 0 Å². The van der Waals surface area contributed by atoms with Gasteiger partial charge in [-0.25, -0.2) is 0 Å². The van der Waals surface area contributed by atoms with Crippen LogP contribution in [0.4, 0.5) is 0 Å². The van der Waals surface area contributed by atoms with Gasteiger partial charge in [0, 0.05) is 16.7 Å². The predicted molar refractivity (Wildman–Crippen MR) is 84.4 cm³/mol. The maximum Gasteiger partial charge on any atom is 0.0706 e. The molecule has 2 N–H and O–H groups in total. The van der Waals surface area contributed by atoms with Crippen molar-refractivity contribution in [1.29, 1.82) is 0 Å². The number of aromatic nitrogens is 1. The Morgan fingerprint density at radius 3 is 2.74 bits per heavy atom. The molecule has 0 aliphatic rings. The predicted octanol–water partition coefficient (Wildman–Crippen LogP) is 4.30. The van der Waals surface area contributed by atoms with E-state index in [-0.39, 0.29) is 6.04 Å². The van der Waals surface area contributed by atoms with Gasteiger partial charge in [-0.15, -0.1) is 11.3 Å². The smallest absolute Gasteiger partial charge is 0.0706 e. The lowest BCUT2D eigenvalue weighted by Gasteiger charge is -2.10. The third kappa shape index (κ3) is 2.86. The Morgan fingerprint density at radius 1 is 1.11 bits per heavy atom. The first-order chi connectivity index (χ1) is 9.22. The molecule has 0 bridgehead atoms. The van der Waals surface area contributed by atoms with E-state index in [9.17, 15) is 0 Å². The van der Waals surface area contributed by atoms with Gasteiger partial charge in [-0.3, -0.25) is 4.98 Å². The molecule has 0 saturated carbocycles. The molecule has 3 aromatic rings. The first kappa shape index (κ1) is 12.8. The Hall–Kier alpha value is -1.23. The van der Waals surface area contributed by atoms with Gasteiger partial charge in [-0.2, -0.15) is 0 Å². The van der Waals surface area contributed by atoms with Crippen LogP contribution in [0.25, 0.3) is 10.9 Å². The summed E-state index contributed by atoms with van der Waals surface area (Å²) in [5, 5.41) is 1.15. The van der Waals surface area contributed by atoms with Gasteiger partial charge in [0.15, 0.2) is 0 Å². The van der Waals surface area contributed by atoms with Crippen molar-refractivity contribution >= 4 is 38.2 Å². The van der Waals surface area contributed by atoms with E-state index < -0.39 is 0 Å². The number of fused-ring (bicyclic) bond motifs is 1. The van der Waals surface area contributed by atoms with Crippen LogP contribution in [0.3, 0.4) is 0 Å². The second-order valence-electron chi connectivity index (χ2n) is 4.45.